The molecule has 6 heteroatoms. The number of carbonyl (C=O) groups is 2. The van der Waals surface area contributed by atoms with E-state index in [0.717, 1.165) is 19.3 Å². The third kappa shape index (κ3) is 4.38. The number of nitrogens with zero attached hydrogens (tertiary/aromatic N) is 1. The van der Waals surface area contributed by atoms with E-state index in [9.17, 15) is 9.59 Å². The van der Waals surface area contributed by atoms with Gasteiger partial charge in [0.2, 0.25) is 0 Å². The molecule has 1 aliphatic rings. The van der Waals surface area contributed by atoms with Crippen LogP contribution in [0.3, 0.4) is 0 Å². The first-order valence-electron chi connectivity index (χ1n) is 6.69. The first-order chi connectivity index (χ1) is 8.91. The summed E-state index contributed by atoms with van der Waals surface area (Å²) in [5.41, 5.74) is 0.301. The fourth-order valence-electron chi connectivity index (χ4n) is 2.18. The highest BCUT2D eigenvalue weighted by molar-refractivity contribution is 5.82. The summed E-state index contributed by atoms with van der Waals surface area (Å²) in [7, 11) is 1.41. The number of carboxylic acid groups (broad SMARTS) is 1. The lowest BCUT2D eigenvalue weighted by Gasteiger charge is -2.39. The minimum absolute atomic E-state index is 0.0262. The van der Waals surface area contributed by atoms with Crippen molar-refractivity contribution in [1.82, 2.24) is 10.2 Å². The highest BCUT2D eigenvalue weighted by atomic mass is 16.5. The Hall–Kier alpha value is -1.30. The molecule has 0 saturated carbocycles. The van der Waals surface area contributed by atoms with E-state index < -0.39 is 12.0 Å². The normalized spacial score (nSPS) is 19.8. The fraction of sp³-hybridized carbons (Fsp3) is 0.846. The van der Waals surface area contributed by atoms with Crippen LogP contribution < -0.4 is 5.32 Å². The smallest absolute Gasteiger partial charge is 0.328 e. The Balaban J connectivity index is 2.49. The molecule has 0 aromatic heterocycles. The quantitative estimate of drug-likeness (QED) is 0.791. The predicted molar refractivity (Wildman–Crippen MR) is 71.0 cm³/mol. The molecule has 2 amide bonds. The van der Waals surface area contributed by atoms with Crippen LogP contribution in [-0.4, -0.2) is 54.9 Å². The van der Waals surface area contributed by atoms with Crippen molar-refractivity contribution in [2.24, 2.45) is 5.41 Å². The maximum absolute atomic E-state index is 12.0. The predicted octanol–water partition coefficient (Wildman–Crippen LogP) is 1.31. The molecule has 1 unspecified atom stereocenters. The van der Waals surface area contributed by atoms with Gasteiger partial charge < -0.3 is 20.1 Å². The number of ether oxygens (including phenoxy) is 1. The number of hydrogen-bond acceptors (Lipinski definition) is 3. The Bertz CT molecular complexity index is 325. The number of piperidine rings is 1. The van der Waals surface area contributed by atoms with Gasteiger partial charge in [-0.15, -0.1) is 0 Å². The molecule has 0 aromatic rings. The van der Waals surface area contributed by atoms with Gasteiger partial charge in [0, 0.05) is 20.2 Å². The van der Waals surface area contributed by atoms with Gasteiger partial charge in [0.1, 0.15) is 0 Å². The number of aliphatic carboxylic acids is 1. The summed E-state index contributed by atoms with van der Waals surface area (Å²) in [5.74, 6) is -1.08. The molecule has 1 aliphatic heterocycles. The molecule has 0 aromatic carbocycles. The van der Waals surface area contributed by atoms with Gasteiger partial charge >= 0.3 is 12.0 Å². The van der Waals surface area contributed by atoms with Crippen LogP contribution in [0.25, 0.3) is 0 Å². The highest BCUT2D eigenvalue weighted by Crippen LogP contribution is 2.33. The topological polar surface area (TPSA) is 78.9 Å². The van der Waals surface area contributed by atoms with Crippen molar-refractivity contribution in [3.05, 3.63) is 0 Å². The van der Waals surface area contributed by atoms with Gasteiger partial charge in [-0.3, -0.25) is 0 Å². The van der Waals surface area contributed by atoms with Crippen molar-refractivity contribution in [2.45, 2.75) is 39.2 Å². The van der Waals surface area contributed by atoms with E-state index in [2.05, 4.69) is 19.2 Å². The summed E-state index contributed by atoms with van der Waals surface area (Å²) in [4.78, 5) is 24.6. The molecular formula is C13H24N2O4. The van der Waals surface area contributed by atoms with E-state index in [1.165, 1.54) is 7.11 Å². The average molecular weight is 272 g/mol. The average Bonchev–Trinajstić information content (AvgIpc) is 2.38. The maximum Gasteiger partial charge on any atom is 0.328 e. The zero-order valence-electron chi connectivity index (χ0n) is 11.9. The monoisotopic (exact) mass is 272 g/mol. The van der Waals surface area contributed by atoms with Crippen molar-refractivity contribution >= 4 is 12.0 Å². The second kappa shape index (κ2) is 6.75. The third-order valence-corrected chi connectivity index (χ3v) is 4.04. The summed E-state index contributed by atoms with van der Waals surface area (Å²) in [6.45, 7) is 5.72. The Kier molecular flexibility index (Phi) is 5.60. The van der Waals surface area contributed by atoms with Crippen molar-refractivity contribution in [3.63, 3.8) is 0 Å². The van der Waals surface area contributed by atoms with Crippen molar-refractivity contribution < 1.29 is 19.4 Å². The summed E-state index contributed by atoms with van der Waals surface area (Å²) in [6, 6.07) is -1.31. The van der Waals surface area contributed by atoms with Crippen LogP contribution in [0.15, 0.2) is 0 Å². The fourth-order valence-corrected chi connectivity index (χ4v) is 2.18. The SMILES string of the molecule is CCC1(C)CCN(C(=O)NC(COC)C(=O)O)CC1. The largest absolute Gasteiger partial charge is 0.480 e. The Morgan fingerprint density at radius 1 is 1.42 bits per heavy atom. The number of amides is 2. The number of carbonyl (C=O) groups excluding carboxylic acids is 1. The van der Waals surface area contributed by atoms with Gasteiger partial charge in [-0.2, -0.15) is 0 Å². The van der Waals surface area contributed by atoms with E-state index >= 15 is 0 Å². The number of carboxylic acids is 1. The maximum atomic E-state index is 12.0. The van der Waals surface area contributed by atoms with Gasteiger partial charge in [-0.05, 0) is 18.3 Å². The summed E-state index contributed by atoms with van der Waals surface area (Å²) in [6.07, 6.45) is 3.02. The molecule has 1 fully saturated rings. The van der Waals surface area contributed by atoms with Crippen LogP contribution in [0.1, 0.15) is 33.1 Å². The van der Waals surface area contributed by atoms with E-state index in [1.54, 1.807) is 4.90 Å². The molecule has 19 heavy (non-hydrogen) atoms. The first kappa shape index (κ1) is 15.8. The minimum atomic E-state index is -1.08. The van der Waals surface area contributed by atoms with Crippen LogP contribution >= 0.6 is 0 Å². The molecule has 0 bridgehead atoms. The van der Waals surface area contributed by atoms with Crippen LogP contribution in [0.2, 0.25) is 0 Å². The zero-order chi connectivity index (χ0) is 14.5. The van der Waals surface area contributed by atoms with Crippen molar-refractivity contribution in [1.29, 1.82) is 0 Å². The van der Waals surface area contributed by atoms with E-state index in [1.807, 2.05) is 0 Å². The zero-order valence-corrected chi connectivity index (χ0v) is 11.9. The molecular weight excluding hydrogens is 248 g/mol. The molecule has 0 spiro atoms. The molecule has 0 radical (unpaired) electrons. The first-order valence-corrected chi connectivity index (χ1v) is 6.69. The summed E-state index contributed by atoms with van der Waals surface area (Å²) >= 11 is 0. The molecule has 1 atom stereocenters. The van der Waals surface area contributed by atoms with Gasteiger partial charge in [-0.1, -0.05) is 20.3 Å². The number of nitrogens with one attached hydrogen (secondary N) is 1. The van der Waals surface area contributed by atoms with E-state index in [4.69, 9.17) is 9.84 Å². The molecule has 110 valence electrons. The second-order valence-electron chi connectivity index (χ2n) is 5.45. The Morgan fingerprint density at radius 2 is 2.00 bits per heavy atom. The molecule has 1 saturated heterocycles. The van der Waals surface area contributed by atoms with Crippen LogP contribution in [-0.2, 0) is 9.53 Å². The number of rotatable bonds is 5. The molecule has 1 rings (SSSR count). The molecule has 6 nitrogen and oxygen atoms in total. The lowest BCUT2D eigenvalue weighted by atomic mass is 9.78. The van der Waals surface area contributed by atoms with Gasteiger partial charge in [-0.25, -0.2) is 9.59 Å². The standard InChI is InChI=1S/C13H24N2O4/c1-4-13(2)5-7-15(8-6-13)12(18)14-10(9-19-3)11(16)17/h10H,4-9H2,1-3H3,(H,14,18)(H,16,17). The Morgan fingerprint density at radius 3 is 2.42 bits per heavy atom. The molecule has 0 aliphatic carbocycles. The minimum Gasteiger partial charge on any atom is -0.480 e. The van der Waals surface area contributed by atoms with Crippen LogP contribution in [0.5, 0.6) is 0 Å². The van der Waals surface area contributed by atoms with E-state index in [-0.39, 0.29) is 12.6 Å². The lowest BCUT2D eigenvalue weighted by Crippen LogP contribution is -2.52. The van der Waals surface area contributed by atoms with E-state index in [0.29, 0.717) is 18.5 Å². The summed E-state index contributed by atoms with van der Waals surface area (Å²) in [5, 5.41) is 11.5. The number of likely N-dealkylation sites (tertiary alicyclic amines) is 1. The van der Waals surface area contributed by atoms with Crippen molar-refractivity contribution in [3.8, 4) is 0 Å². The highest BCUT2D eigenvalue weighted by Gasteiger charge is 2.31. The number of urea groups is 1. The second-order valence-corrected chi connectivity index (χ2v) is 5.45. The number of methoxy groups -OCH3 is 1. The molecule has 1 heterocycles. The molecule has 2 N–H and O–H groups in total. The van der Waals surface area contributed by atoms with Gasteiger partial charge in [0.25, 0.3) is 0 Å². The van der Waals surface area contributed by atoms with Gasteiger partial charge in [0.05, 0.1) is 6.61 Å². The van der Waals surface area contributed by atoms with Crippen LogP contribution in [0, 0.1) is 5.41 Å². The lowest BCUT2D eigenvalue weighted by molar-refractivity contribution is -0.140. The third-order valence-electron chi connectivity index (χ3n) is 4.04. The Labute approximate surface area is 114 Å². The van der Waals surface area contributed by atoms with Crippen LogP contribution in [0.4, 0.5) is 4.79 Å². The number of hydrogen-bond donors (Lipinski definition) is 2. The van der Waals surface area contributed by atoms with Crippen molar-refractivity contribution in [2.75, 3.05) is 26.8 Å². The van der Waals surface area contributed by atoms with Gasteiger partial charge in [0.15, 0.2) is 6.04 Å². The summed E-state index contributed by atoms with van der Waals surface area (Å²) < 4.78 is 4.79.